The molecule has 0 aromatic rings. The number of unbranched alkanes of at least 4 members (excludes halogenated alkanes) is 35. The van der Waals surface area contributed by atoms with Crippen molar-refractivity contribution in [3.63, 3.8) is 0 Å². The summed E-state index contributed by atoms with van der Waals surface area (Å²) in [6.45, 7) is 4.10. The van der Waals surface area contributed by atoms with Gasteiger partial charge in [-0.2, -0.15) is 0 Å². The standard InChI is InChI=1S/C58H109NO4/c1-3-5-7-9-11-13-15-16-17-18-19-20-21-22-23-24-25-26-27-28-29-30-31-32-33-34-35-36-37-38-39-40-41-42-43-45-47-49-51-53-57(62)59-55(54-60)58(63)56(61)52-50-48-46-44-14-12-10-8-6-4-2/h8,10,25-26,28-29,44,46,55-56,58,60-61,63H,3-7,9,11-24,27,30-43,45,47-54H2,1-2H3,(H,59,62)/b10-8+,26-25-,29-28-,46-44+. The zero-order chi connectivity index (χ0) is 45.8. The smallest absolute Gasteiger partial charge is 0.220 e. The Morgan fingerprint density at radius 3 is 1.13 bits per heavy atom. The first kappa shape index (κ1) is 61.3. The topological polar surface area (TPSA) is 89.8 Å². The van der Waals surface area contributed by atoms with Crippen molar-refractivity contribution in [2.45, 2.75) is 308 Å². The molecule has 0 radical (unpaired) electrons. The van der Waals surface area contributed by atoms with Crippen molar-refractivity contribution in [2.75, 3.05) is 6.61 Å². The average Bonchev–Trinajstić information content (AvgIpc) is 3.29. The molecule has 0 spiro atoms. The van der Waals surface area contributed by atoms with Gasteiger partial charge in [0.1, 0.15) is 6.10 Å². The Morgan fingerprint density at radius 2 is 0.730 bits per heavy atom. The van der Waals surface area contributed by atoms with Crippen LogP contribution in [0.4, 0.5) is 0 Å². The number of allylic oxidation sites excluding steroid dienone is 8. The summed E-state index contributed by atoms with van der Waals surface area (Å²) in [7, 11) is 0. The molecule has 3 unspecified atom stereocenters. The summed E-state index contributed by atoms with van der Waals surface area (Å²) in [6.07, 6.45) is 70.2. The number of hydrogen-bond donors (Lipinski definition) is 4. The quantitative estimate of drug-likeness (QED) is 0.0362. The number of carbonyl (C=O) groups is 1. The minimum Gasteiger partial charge on any atom is -0.394 e. The van der Waals surface area contributed by atoms with Gasteiger partial charge in [-0.1, -0.05) is 255 Å². The van der Waals surface area contributed by atoms with Gasteiger partial charge < -0.3 is 20.6 Å². The summed E-state index contributed by atoms with van der Waals surface area (Å²) in [5, 5.41) is 33.4. The van der Waals surface area contributed by atoms with Crippen LogP contribution in [0, 0.1) is 0 Å². The lowest BCUT2D eigenvalue weighted by atomic mass is 10.0. The molecule has 0 saturated carbocycles. The summed E-state index contributed by atoms with van der Waals surface area (Å²) in [5.41, 5.74) is 0. The fraction of sp³-hybridized carbons (Fsp3) is 0.845. The minimum absolute atomic E-state index is 0.159. The molecule has 5 nitrogen and oxygen atoms in total. The highest BCUT2D eigenvalue weighted by Crippen LogP contribution is 2.17. The fourth-order valence-electron chi connectivity index (χ4n) is 8.57. The fourth-order valence-corrected chi connectivity index (χ4v) is 8.57. The maximum atomic E-state index is 12.4. The number of aliphatic hydroxyl groups excluding tert-OH is 3. The minimum atomic E-state index is -1.17. The summed E-state index contributed by atoms with van der Waals surface area (Å²) in [6, 6.07) is -0.831. The highest BCUT2D eigenvalue weighted by molar-refractivity contribution is 5.76. The van der Waals surface area contributed by atoms with E-state index in [9.17, 15) is 20.1 Å². The van der Waals surface area contributed by atoms with Crippen molar-refractivity contribution in [1.29, 1.82) is 0 Å². The van der Waals surface area contributed by atoms with Crippen molar-refractivity contribution in [1.82, 2.24) is 5.32 Å². The second kappa shape index (κ2) is 52.9. The van der Waals surface area contributed by atoms with Gasteiger partial charge in [0, 0.05) is 6.42 Å². The van der Waals surface area contributed by atoms with Crippen molar-refractivity contribution in [3.8, 4) is 0 Å². The van der Waals surface area contributed by atoms with E-state index >= 15 is 0 Å². The Morgan fingerprint density at radius 1 is 0.397 bits per heavy atom. The van der Waals surface area contributed by atoms with Gasteiger partial charge in [-0.05, 0) is 77.0 Å². The van der Waals surface area contributed by atoms with E-state index in [1.165, 1.54) is 205 Å². The zero-order valence-corrected chi connectivity index (χ0v) is 42.2. The highest BCUT2D eigenvalue weighted by atomic mass is 16.3. The van der Waals surface area contributed by atoms with E-state index in [0.717, 1.165) is 57.8 Å². The number of aliphatic hydroxyl groups is 3. The van der Waals surface area contributed by atoms with Crippen LogP contribution in [0.15, 0.2) is 48.6 Å². The molecule has 0 aromatic heterocycles. The second-order valence-electron chi connectivity index (χ2n) is 19.1. The number of nitrogens with one attached hydrogen (secondary N) is 1. The molecule has 4 N–H and O–H groups in total. The third-order valence-corrected chi connectivity index (χ3v) is 12.9. The average molecular weight is 885 g/mol. The molecule has 0 saturated heterocycles. The maximum absolute atomic E-state index is 12.4. The third kappa shape index (κ3) is 48.1. The second-order valence-corrected chi connectivity index (χ2v) is 19.1. The Bertz CT molecular complexity index is 1020. The molecule has 0 heterocycles. The van der Waals surface area contributed by atoms with Gasteiger partial charge in [0.25, 0.3) is 0 Å². The summed E-state index contributed by atoms with van der Waals surface area (Å²) >= 11 is 0. The van der Waals surface area contributed by atoms with E-state index < -0.39 is 18.2 Å². The van der Waals surface area contributed by atoms with Crippen LogP contribution < -0.4 is 5.32 Å². The van der Waals surface area contributed by atoms with E-state index in [4.69, 9.17) is 0 Å². The molecular formula is C58H109NO4. The van der Waals surface area contributed by atoms with Crippen molar-refractivity contribution < 1.29 is 20.1 Å². The Labute approximate surface area is 393 Å². The van der Waals surface area contributed by atoms with Gasteiger partial charge in [-0.25, -0.2) is 0 Å². The van der Waals surface area contributed by atoms with Gasteiger partial charge in [-0.15, -0.1) is 0 Å². The molecule has 0 aliphatic heterocycles. The third-order valence-electron chi connectivity index (χ3n) is 12.9. The Balaban J connectivity index is 3.45. The van der Waals surface area contributed by atoms with Gasteiger partial charge in [0.15, 0.2) is 0 Å². The van der Waals surface area contributed by atoms with Gasteiger partial charge in [-0.3, -0.25) is 4.79 Å². The zero-order valence-electron chi connectivity index (χ0n) is 42.2. The van der Waals surface area contributed by atoms with E-state index in [2.05, 4.69) is 67.8 Å². The number of amides is 1. The van der Waals surface area contributed by atoms with E-state index in [1.807, 2.05) is 0 Å². The molecule has 370 valence electrons. The molecular weight excluding hydrogens is 775 g/mol. The molecule has 5 heteroatoms. The van der Waals surface area contributed by atoms with Gasteiger partial charge in [0.2, 0.25) is 5.91 Å². The lowest BCUT2D eigenvalue weighted by molar-refractivity contribution is -0.124. The van der Waals surface area contributed by atoms with E-state index in [1.54, 1.807) is 0 Å². The molecule has 0 rings (SSSR count). The molecule has 0 aliphatic carbocycles. The highest BCUT2D eigenvalue weighted by Gasteiger charge is 2.26. The van der Waals surface area contributed by atoms with E-state index in [-0.39, 0.29) is 12.5 Å². The lowest BCUT2D eigenvalue weighted by Gasteiger charge is -2.26. The van der Waals surface area contributed by atoms with Crippen LogP contribution in [0.5, 0.6) is 0 Å². The largest absolute Gasteiger partial charge is 0.394 e. The lowest BCUT2D eigenvalue weighted by Crippen LogP contribution is -2.50. The van der Waals surface area contributed by atoms with Crippen LogP contribution in [0.2, 0.25) is 0 Å². The molecule has 63 heavy (non-hydrogen) atoms. The maximum Gasteiger partial charge on any atom is 0.220 e. The van der Waals surface area contributed by atoms with Crippen molar-refractivity contribution in [3.05, 3.63) is 48.6 Å². The molecule has 0 fully saturated rings. The Kier molecular flexibility index (Phi) is 51.5. The summed E-state index contributed by atoms with van der Waals surface area (Å²) in [5.74, 6) is -0.159. The van der Waals surface area contributed by atoms with Crippen LogP contribution in [-0.4, -0.2) is 46.1 Å². The molecule has 0 aromatic carbocycles. The SMILES string of the molecule is CCC/C=C/CC/C=C/CCCC(O)C(O)C(CO)NC(=O)CCCCCCCCCCCCCCCCCCC/C=C\C/C=C\CCCCCCCCCCCCCCCCC. The summed E-state index contributed by atoms with van der Waals surface area (Å²) in [4.78, 5) is 12.4. The number of carbonyl (C=O) groups excluding carboxylic acids is 1. The van der Waals surface area contributed by atoms with Gasteiger partial charge >= 0.3 is 0 Å². The molecule has 0 aliphatic rings. The van der Waals surface area contributed by atoms with Crippen LogP contribution in [0.3, 0.4) is 0 Å². The molecule has 0 bridgehead atoms. The van der Waals surface area contributed by atoms with Crippen molar-refractivity contribution >= 4 is 5.91 Å². The van der Waals surface area contributed by atoms with E-state index in [0.29, 0.717) is 12.8 Å². The molecule has 1 amide bonds. The monoisotopic (exact) mass is 884 g/mol. The van der Waals surface area contributed by atoms with Crippen LogP contribution in [-0.2, 0) is 4.79 Å². The van der Waals surface area contributed by atoms with Gasteiger partial charge in [0.05, 0.1) is 18.8 Å². The first-order chi connectivity index (χ1) is 31.1. The normalized spacial score (nSPS) is 13.7. The first-order valence-electron chi connectivity index (χ1n) is 27.9. The Hall–Kier alpha value is -1.69. The van der Waals surface area contributed by atoms with Crippen LogP contribution >= 0.6 is 0 Å². The predicted molar refractivity (Wildman–Crippen MR) is 277 cm³/mol. The number of hydrogen-bond acceptors (Lipinski definition) is 4. The molecule has 3 atom stereocenters. The number of rotatable bonds is 51. The first-order valence-corrected chi connectivity index (χ1v) is 27.9. The van der Waals surface area contributed by atoms with Crippen LogP contribution in [0.25, 0.3) is 0 Å². The predicted octanol–water partition coefficient (Wildman–Crippen LogP) is 17.2. The van der Waals surface area contributed by atoms with Crippen molar-refractivity contribution in [2.24, 2.45) is 0 Å². The summed E-state index contributed by atoms with van der Waals surface area (Å²) < 4.78 is 0. The van der Waals surface area contributed by atoms with Crippen LogP contribution in [0.1, 0.15) is 290 Å².